The number of H-pyrrole nitrogens is 1. The fourth-order valence-corrected chi connectivity index (χ4v) is 1.68. The molecule has 0 radical (unpaired) electrons. The highest BCUT2D eigenvalue weighted by molar-refractivity contribution is 5.69. The first kappa shape index (κ1) is 10.6. The van der Waals surface area contributed by atoms with Crippen molar-refractivity contribution in [3.63, 3.8) is 0 Å². The summed E-state index contributed by atoms with van der Waals surface area (Å²) in [6.07, 6.45) is 3.94. The van der Waals surface area contributed by atoms with Gasteiger partial charge in [-0.25, -0.2) is 0 Å². The number of rotatable bonds is 4. The molecule has 0 saturated heterocycles. The molecule has 2 N–H and O–H groups in total. The first-order valence-electron chi connectivity index (χ1n) is 5.39. The fourth-order valence-electron chi connectivity index (χ4n) is 1.68. The maximum atomic E-state index is 3.44. The molecule has 0 atom stereocenters. The smallest absolute Gasteiger partial charge is 0.0596 e. The minimum atomic E-state index is 0.842. The van der Waals surface area contributed by atoms with Crippen molar-refractivity contribution >= 4 is 11.4 Å². The average Bonchev–Trinajstić information content (AvgIpc) is 2.79. The maximum absolute atomic E-state index is 3.44. The second-order valence-corrected chi connectivity index (χ2v) is 3.98. The van der Waals surface area contributed by atoms with Gasteiger partial charge in [-0.05, 0) is 23.8 Å². The van der Waals surface area contributed by atoms with Gasteiger partial charge in [-0.3, -0.25) is 0 Å². The Balaban J connectivity index is 2.09. The Kier molecular flexibility index (Phi) is 3.15. The van der Waals surface area contributed by atoms with Crippen molar-refractivity contribution in [3.8, 4) is 0 Å². The van der Waals surface area contributed by atoms with Crippen LogP contribution in [0.15, 0.2) is 42.7 Å². The van der Waals surface area contributed by atoms with Crippen molar-refractivity contribution in [1.29, 1.82) is 0 Å². The number of aromatic amines is 1. The van der Waals surface area contributed by atoms with E-state index in [2.05, 4.69) is 53.6 Å². The van der Waals surface area contributed by atoms with Crippen LogP contribution in [0.5, 0.6) is 0 Å². The molecule has 2 aromatic rings. The molecule has 3 nitrogen and oxygen atoms in total. The molecule has 0 bridgehead atoms. The van der Waals surface area contributed by atoms with Crippen LogP contribution < -0.4 is 10.2 Å². The maximum Gasteiger partial charge on any atom is 0.0596 e. The second-order valence-electron chi connectivity index (χ2n) is 3.98. The SMILES string of the molecule is CN(C)c1ccccc1NCc1cc[nH]c1. The topological polar surface area (TPSA) is 31.1 Å². The van der Waals surface area contributed by atoms with Crippen molar-refractivity contribution in [2.75, 3.05) is 24.3 Å². The van der Waals surface area contributed by atoms with Gasteiger partial charge in [0.25, 0.3) is 0 Å². The van der Waals surface area contributed by atoms with Gasteiger partial charge in [0.15, 0.2) is 0 Å². The standard InChI is InChI=1S/C13H17N3/c1-16(2)13-6-4-3-5-12(13)15-10-11-7-8-14-9-11/h3-9,14-15H,10H2,1-2H3. The van der Waals surface area contributed by atoms with E-state index >= 15 is 0 Å². The molecular formula is C13H17N3. The summed E-state index contributed by atoms with van der Waals surface area (Å²) >= 11 is 0. The monoisotopic (exact) mass is 215 g/mol. The lowest BCUT2D eigenvalue weighted by atomic mass is 10.2. The summed E-state index contributed by atoms with van der Waals surface area (Å²) in [6.45, 7) is 0.842. The number of hydrogen-bond donors (Lipinski definition) is 2. The van der Waals surface area contributed by atoms with Crippen molar-refractivity contribution in [3.05, 3.63) is 48.3 Å². The van der Waals surface area contributed by atoms with Gasteiger partial charge in [0.05, 0.1) is 11.4 Å². The number of nitrogens with one attached hydrogen (secondary N) is 2. The molecule has 3 heteroatoms. The Morgan fingerprint density at radius 1 is 1.19 bits per heavy atom. The highest BCUT2D eigenvalue weighted by Gasteiger charge is 2.02. The van der Waals surface area contributed by atoms with Crippen molar-refractivity contribution in [1.82, 2.24) is 4.98 Å². The van der Waals surface area contributed by atoms with Crippen LogP contribution in [0.2, 0.25) is 0 Å². The summed E-state index contributed by atoms with van der Waals surface area (Å²) in [5.74, 6) is 0. The summed E-state index contributed by atoms with van der Waals surface area (Å²) in [6, 6.07) is 10.4. The number of nitrogens with zero attached hydrogens (tertiary/aromatic N) is 1. The highest BCUT2D eigenvalue weighted by atomic mass is 15.1. The molecule has 0 amide bonds. The summed E-state index contributed by atoms with van der Waals surface area (Å²) < 4.78 is 0. The molecule has 1 heterocycles. The predicted molar refractivity (Wildman–Crippen MR) is 68.9 cm³/mol. The fraction of sp³-hybridized carbons (Fsp3) is 0.231. The van der Waals surface area contributed by atoms with Gasteiger partial charge < -0.3 is 15.2 Å². The van der Waals surface area contributed by atoms with Crippen LogP contribution in [0, 0.1) is 0 Å². The second kappa shape index (κ2) is 4.75. The summed E-state index contributed by atoms with van der Waals surface area (Å²) in [4.78, 5) is 5.16. The molecule has 84 valence electrons. The highest BCUT2D eigenvalue weighted by Crippen LogP contribution is 2.23. The average molecular weight is 215 g/mol. The summed E-state index contributed by atoms with van der Waals surface area (Å²) in [7, 11) is 4.10. The van der Waals surface area contributed by atoms with Crippen LogP contribution >= 0.6 is 0 Å². The molecule has 0 aliphatic heterocycles. The molecule has 0 aliphatic carbocycles. The van der Waals surface area contributed by atoms with E-state index in [-0.39, 0.29) is 0 Å². The lowest BCUT2D eigenvalue weighted by Crippen LogP contribution is -2.11. The Morgan fingerprint density at radius 3 is 2.69 bits per heavy atom. The third kappa shape index (κ3) is 2.37. The van der Waals surface area contributed by atoms with E-state index in [1.54, 1.807) is 0 Å². The molecule has 1 aromatic carbocycles. The molecule has 0 unspecified atom stereocenters. The number of hydrogen-bond acceptors (Lipinski definition) is 2. The van der Waals surface area contributed by atoms with Crippen LogP contribution in [0.25, 0.3) is 0 Å². The molecule has 16 heavy (non-hydrogen) atoms. The molecule has 0 spiro atoms. The number of benzene rings is 1. The van der Waals surface area contributed by atoms with E-state index in [0.717, 1.165) is 12.2 Å². The third-order valence-electron chi connectivity index (χ3n) is 2.53. The first-order valence-corrected chi connectivity index (χ1v) is 5.39. The quantitative estimate of drug-likeness (QED) is 0.821. The van der Waals surface area contributed by atoms with E-state index < -0.39 is 0 Å². The van der Waals surface area contributed by atoms with Crippen LogP contribution in [0.1, 0.15) is 5.56 Å². The number of aromatic nitrogens is 1. The van der Waals surface area contributed by atoms with Crippen molar-refractivity contribution < 1.29 is 0 Å². The van der Waals surface area contributed by atoms with E-state index in [1.165, 1.54) is 11.3 Å². The van der Waals surface area contributed by atoms with Gasteiger partial charge in [-0.1, -0.05) is 12.1 Å². The van der Waals surface area contributed by atoms with E-state index in [4.69, 9.17) is 0 Å². The summed E-state index contributed by atoms with van der Waals surface area (Å²) in [5, 5.41) is 3.44. The Morgan fingerprint density at radius 2 is 2.00 bits per heavy atom. The minimum absolute atomic E-state index is 0.842. The zero-order chi connectivity index (χ0) is 11.4. The van der Waals surface area contributed by atoms with Gasteiger partial charge in [-0.15, -0.1) is 0 Å². The zero-order valence-corrected chi connectivity index (χ0v) is 9.70. The Labute approximate surface area is 96.1 Å². The molecular weight excluding hydrogens is 198 g/mol. The van der Waals surface area contributed by atoms with E-state index in [9.17, 15) is 0 Å². The Bertz CT molecular complexity index is 432. The van der Waals surface area contributed by atoms with E-state index in [0.29, 0.717) is 0 Å². The third-order valence-corrected chi connectivity index (χ3v) is 2.53. The van der Waals surface area contributed by atoms with Crippen molar-refractivity contribution in [2.45, 2.75) is 6.54 Å². The lowest BCUT2D eigenvalue weighted by molar-refractivity contribution is 1.10. The Hall–Kier alpha value is -1.90. The van der Waals surface area contributed by atoms with E-state index in [1.807, 2.05) is 18.5 Å². The van der Waals surface area contributed by atoms with Crippen LogP contribution in [-0.2, 0) is 6.54 Å². The predicted octanol–water partition coefficient (Wildman–Crippen LogP) is 2.69. The van der Waals surface area contributed by atoms with Crippen molar-refractivity contribution in [2.24, 2.45) is 0 Å². The van der Waals surface area contributed by atoms with Crippen LogP contribution in [0.4, 0.5) is 11.4 Å². The van der Waals surface area contributed by atoms with Gasteiger partial charge in [0.1, 0.15) is 0 Å². The molecule has 1 aromatic heterocycles. The molecule has 0 aliphatic rings. The first-order chi connectivity index (χ1) is 7.77. The normalized spacial score (nSPS) is 10.1. The van der Waals surface area contributed by atoms with Crippen LogP contribution in [-0.4, -0.2) is 19.1 Å². The van der Waals surface area contributed by atoms with Gasteiger partial charge in [-0.2, -0.15) is 0 Å². The molecule has 0 saturated carbocycles. The lowest BCUT2D eigenvalue weighted by Gasteiger charge is -2.18. The molecule has 0 fully saturated rings. The van der Waals surface area contributed by atoms with Gasteiger partial charge >= 0.3 is 0 Å². The number of para-hydroxylation sites is 2. The molecule has 2 rings (SSSR count). The minimum Gasteiger partial charge on any atom is -0.379 e. The summed E-state index contributed by atoms with van der Waals surface area (Å²) in [5.41, 5.74) is 3.63. The van der Waals surface area contributed by atoms with Gasteiger partial charge in [0.2, 0.25) is 0 Å². The zero-order valence-electron chi connectivity index (χ0n) is 9.70. The van der Waals surface area contributed by atoms with Crippen LogP contribution in [0.3, 0.4) is 0 Å². The van der Waals surface area contributed by atoms with Gasteiger partial charge in [0, 0.05) is 33.0 Å². The number of anilines is 2. The largest absolute Gasteiger partial charge is 0.379 e.